The van der Waals surface area contributed by atoms with Crippen LogP contribution in [0.1, 0.15) is 10.4 Å². The third kappa shape index (κ3) is 5.57. The number of aromatic nitrogens is 1. The Morgan fingerprint density at radius 1 is 1.19 bits per heavy atom. The molecule has 1 aromatic heterocycles. The molecule has 1 aliphatic rings. The predicted octanol–water partition coefficient (Wildman–Crippen LogP) is 3.35. The highest BCUT2D eigenvalue weighted by Gasteiger charge is 2.11. The molecule has 0 spiro atoms. The van der Waals surface area contributed by atoms with Crippen LogP contribution in [0.4, 0.5) is 5.69 Å². The van der Waals surface area contributed by atoms with E-state index in [-0.39, 0.29) is 5.91 Å². The molecule has 0 atom stereocenters. The zero-order valence-corrected chi connectivity index (χ0v) is 15.6. The molecular weight excluding hydrogens is 377 g/mol. The van der Waals surface area contributed by atoms with Crippen molar-refractivity contribution in [1.29, 1.82) is 0 Å². The summed E-state index contributed by atoms with van der Waals surface area (Å²) in [6.45, 7) is 4.78. The fourth-order valence-corrected chi connectivity index (χ4v) is 3.06. The Balaban J connectivity index is 1.49. The number of ether oxygens (including phenoxy) is 2. The fraction of sp³-hybridized carbons (Fsp3) is 0.333. The maximum atomic E-state index is 12.2. The molecule has 0 unspecified atom stereocenters. The van der Waals surface area contributed by atoms with Crippen molar-refractivity contribution in [2.45, 2.75) is 0 Å². The first-order valence-corrected chi connectivity index (χ1v) is 9.02. The number of carbonyl (C=O) groups is 1. The maximum Gasteiger partial charge on any atom is 0.255 e. The summed E-state index contributed by atoms with van der Waals surface area (Å²) < 4.78 is 11.0. The van der Waals surface area contributed by atoms with E-state index in [9.17, 15) is 4.79 Å². The Bertz CT molecular complexity index is 730. The number of halogens is 2. The van der Waals surface area contributed by atoms with Crippen LogP contribution in [0.2, 0.25) is 10.0 Å². The number of hydrogen-bond donors (Lipinski definition) is 1. The molecule has 1 N–H and O–H groups in total. The largest absolute Gasteiger partial charge is 0.476 e. The number of morpholine rings is 1. The van der Waals surface area contributed by atoms with E-state index in [0.29, 0.717) is 33.8 Å². The van der Waals surface area contributed by atoms with Crippen LogP contribution in [-0.4, -0.2) is 55.2 Å². The zero-order valence-electron chi connectivity index (χ0n) is 14.1. The summed E-state index contributed by atoms with van der Waals surface area (Å²) in [5.41, 5.74) is 0.944. The van der Waals surface area contributed by atoms with Crippen molar-refractivity contribution in [2.75, 3.05) is 44.8 Å². The van der Waals surface area contributed by atoms with Crippen LogP contribution in [0.3, 0.4) is 0 Å². The number of carbonyl (C=O) groups excluding carboxylic acids is 1. The van der Waals surface area contributed by atoms with E-state index in [1.807, 2.05) is 0 Å². The molecule has 0 saturated carbocycles. The van der Waals surface area contributed by atoms with E-state index in [0.717, 1.165) is 32.8 Å². The second-order valence-electron chi connectivity index (χ2n) is 5.80. The van der Waals surface area contributed by atoms with Crippen molar-refractivity contribution < 1.29 is 14.3 Å². The number of amides is 1. The summed E-state index contributed by atoms with van der Waals surface area (Å²) >= 11 is 11.8. The van der Waals surface area contributed by atoms with E-state index >= 15 is 0 Å². The van der Waals surface area contributed by atoms with Gasteiger partial charge in [0.05, 0.1) is 25.1 Å². The summed E-state index contributed by atoms with van der Waals surface area (Å²) in [7, 11) is 0. The van der Waals surface area contributed by atoms with Crippen molar-refractivity contribution in [3.63, 3.8) is 0 Å². The van der Waals surface area contributed by atoms with Gasteiger partial charge in [-0.15, -0.1) is 0 Å². The lowest BCUT2D eigenvalue weighted by molar-refractivity contribution is 0.0320. The molecule has 6 nitrogen and oxygen atoms in total. The van der Waals surface area contributed by atoms with Gasteiger partial charge in [0.15, 0.2) is 0 Å². The molecule has 0 bridgehead atoms. The number of benzene rings is 1. The zero-order chi connectivity index (χ0) is 18.4. The van der Waals surface area contributed by atoms with Crippen LogP contribution >= 0.6 is 23.2 Å². The lowest BCUT2D eigenvalue weighted by Gasteiger charge is -2.26. The first-order chi connectivity index (χ1) is 12.6. The average Bonchev–Trinajstić information content (AvgIpc) is 2.63. The third-order valence-electron chi connectivity index (χ3n) is 3.88. The molecule has 0 radical (unpaired) electrons. The minimum atomic E-state index is -0.308. The highest BCUT2D eigenvalue weighted by atomic mass is 35.5. The summed E-state index contributed by atoms with van der Waals surface area (Å²) in [4.78, 5) is 18.7. The van der Waals surface area contributed by atoms with E-state index in [1.54, 1.807) is 36.5 Å². The van der Waals surface area contributed by atoms with Gasteiger partial charge in [0, 0.05) is 41.3 Å². The normalized spacial score (nSPS) is 14.8. The van der Waals surface area contributed by atoms with Crippen LogP contribution in [0, 0.1) is 0 Å². The average molecular weight is 396 g/mol. The van der Waals surface area contributed by atoms with Gasteiger partial charge in [-0.3, -0.25) is 9.69 Å². The van der Waals surface area contributed by atoms with Gasteiger partial charge in [0.25, 0.3) is 5.91 Å². The summed E-state index contributed by atoms with van der Waals surface area (Å²) in [6, 6.07) is 8.14. The molecule has 2 heterocycles. The minimum absolute atomic E-state index is 0.308. The van der Waals surface area contributed by atoms with Gasteiger partial charge in [-0.05, 0) is 24.3 Å². The molecule has 3 rings (SSSR count). The molecule has 1 saturated heterocycles. The van der Waals surface area contributed by atoms with Crippen LogP contribution < -0.4 is 10.1 Å². The molecule has 138 valence electrons. The van der Waals surface area contributed by atoms with Gasteiger partial charge in [-0.25, -0.2) is 4.98 Å². The molecule has 2 aromatic rings. The quantitative estimate of drug-likeness (QED) is 0.812. The van der Waals surface area contributed by atoms with Crippen LogP contribution in [0.15, 0.2) is 36.5 Å². The standard InChI is InChI=1S/C18H19Cl2N3O3/c19-14-9-13(10-15(20)11-14)18(24)22-16-1-2-17(21-12-16)26-8-5-23-3-6-25-7-4-23/h1-2,9-12H,3-8H2,(H,22,24). The molecule has 1 aliphatic heterocycles. The summed E-state index contributed by atoms with van der Waals surface area (Å²) in [5.74, 6) is 0.208. The van der Waals surface area contributed by atoms with E-state index in [1.165, 1.54) is 0 Å². The number of nitrogens with one attached hydrogen (secondary N) is 1. The first-order valence-electron chi connectivity index (χ1n) is 8.26. The lowest BCUT2D eigenvalue weighted by atomic mass is 10.2. The van der Waals surface area contributed by atoms with E-state index < -0.39 is 0 Å². The van der Waals surface area contributed by atoms with Crippen molar-refractivity contribution in [2.24, 2.45) is 0 Å². The second kappa shape index (κ2) is 9.19. The maximum absolute atomic E-state index is 12.2. The van der Waals surface area contributed by atoms with E-state index in [2.05, 4.69) is 15.2 Å². The predicted molar refractivity (Wildman–Crippen MR) is 101 cm³/mol. The van der Waals surface area contributed by atoms with Crippen LogP contribution in [0.5, 0.6) is 5.88 Å². The van der Waals surface area contributed by atoms with Gasteiger partial charge in [0.1, 0.15) is 6.61 Å². The smallest absolute Gasteiger partial charge is 0.255 e. The second-order valence-corrected chi connectivity index (χ2v) is 6.67. The molecule has 26 heavy (non-hydrogen) atoms. The van der Waals surface area contributed by atoms with Crippen molar-refractivity contribution in [1.82, 2.24) is 9.88 Å². The van der Waals surface area contributed by atoms with Crippen LogP contribution in [-0.2, 0) is 4.74 Å². The number of pyridine rings is 1. The number of hydrogen-bond acceptors (Lipinski definition) is 5. The Morgan fingerprint density at radius 2 is 1.92 bits per heavy atom. The Labute approximate surface area is 162 Å². The summed E-state index contributed by atoms with van der Waals surface area (Å²) in [5, 5.41) is 3.57. The van der Waals surface area contributed by atoms with E-state index in [4.69, 9.17) is 32.7 Å². The minimum Gasteiger partial charge on any atom is -0.476 e. The molecule has 1 amide bonds. The fourth-order valence-electron chi connectivity index (χ4n) is 2.53. The Morgan fingerprint density at radius 3 is 2.58 bits per heavy atom. The lowest BCUT2D eigenvalue weighted by Crippen LogP contribution is -2.38. The number of anilines is 1. The van der Waals surface area contributed by atoms with Crippen molar-refractivity contribution >= 4 is 34.8 Å². The van der Waals surface area contributed by atoms with Crippen molar-refractivity contribution in [3.8, 4) is 5.88 Å². The molecule has 0 aliphatic carbocycles. The monoisotopic (exact) mass is 395 g/mol. The highest BCUT2D eigenvalue weighted by molar-refractivity contribution is 6.35. The number of nitrogens with zero attached hydrogens (tertiary/aromatic N) is 2. The van der Waals surface area contributed by atoms with Gasteiger partial charge < -0.3 is 14.8 Å². The first kappa shape index (κ1) is 18.9. The van der Waals surface area contributed by atoms with Crippen molar-refractivity contribution in [3.05, 3.63) is 52.1 Å². The van der Waals surface area contributed by atoms with Gasteiger partial charge in [0.2, 0.25) is 5.88 Å². The number of rotatable bonds is 6. The van der Waals surface area contributed by atoms with Gasteiger partial charge >= 0.3 is 0 Å². The highest BCUT2D eigenvalue weighted by Crippen LogP contribution is 2.20. The topological polar surface area (TPSA) is 63.7 Å². The molecular formula is C18H19Cl2N3O3. The molecule has 1 aromatic carbocycles. The van der Waals surface area contributed by atoms with Gasteiger partial charge in [-0.2, -0.15) is 0 Å². The third-order valence-corrected chi connectivity index (χ3v) is 4.32. The van der Waals surface area contributed by atoms with Gasteiger partial charge in [-0.1, -0.05) is 23.2 Å². The summed E-state index contributed by atoms with van der Waals surface area (Å²) in [6.07, 6.45) is 1.55. The van der Waals surface area contributed by atoms with Crippen LogP contribution in [0.25, 0.3) is 0 Å². The Hall–Kier alpha value is -1.86. The Kier molecular flexibility index (Phi) is 6.68. The molecule has 1 fully saturated rings. The molecule has 8 heteroatoms. The SMILES string of the molecule is O=C(Nc1ccc(OCCN2CCOCC2)nc1)c1cc(Cl)cc(Cl)c1.